The summed E-state index contributed by atoms with van der Waals surface area (Å²) in [4.78, 5) is 25.2. The van der Waals surface area contributed by atoms with E-state index in [9.17, 15) is 9.59 Å². The third kappa shape index (κ3) is 4.99. The molecule has 2 saturated heterocycles. The monoisotopic (exact) mass is 377 g/mol. The molecule has 1 aromatic rings. The van der Waals surface area contributed by atoms with Crippen molar-refractivity contribution in [3.63, 3.8) is 0 Å². The van der Waals surface area contributed by atoms with Gasteiger partial charge >= 0.3 is 5.63 Å². The summed E-state index contributed by atoms with van der Waals surface area (Å²) < 4.78 is 16.9. The molecule has 1 aromatic heterocycles. The third-order valence-corrected chi connectivity index (χ3v) is 5.63. The molecular weight excluding hydrogens is 346 g/mol. The molecule has 1 unspecified atom stereocenters. The van der Waals surface area contributed by atoms with E-state index in [4.69, 9.17) is 13.9 Å². The number of ether oxygens (including phenoxy) is 2. The summed E-state index contributed by atoms with van der Waals surface area (Å²) in [6.45, 7) is 8.07. The van der Waals surface area contributed by atoms with E-state index in [0.717, 1.165) is 32.1 Å². The van der Waals surface area contributed by atoms with Gasteiger partial charge in [-0.3, -0.25) is 4.79 Å². The van der Waals surface area contributed by atoms with Gasteiger partial charge in [-0.05, 0) is 56.6 Å². The lowest BCUT2D eigenvalue weighted by Gasteiger charge is -2.43. The largest absolute Gasteiger partial charge is 0.427 e. The van der Waals surface area contributed by atoms with E-state index >= 15 is 0 Å². The molecule has 0 bridgehead atoms. The maximum absolute atomic E-state index is 12.8. The third-order valence-electron chi connectivity index (χ3n) is 5.63. The molecule has 2 fully saturated rings. The second-order valence-electron chi connectivity index (χ2n) is 8.30. The van der Waals surface area contributed by atoms with Gasteiger partial charge in [0.1, 0.15) is 11.3 Å². The van der Waals surface area contributed by atoms with Crippen molar-refractivity contribution in [1.29, 1.82) is 0 Å². The van der Waals surface area contributed by atoms with Crippen LogP contribution >= 0.6 is 0 Å². The maximum atomic E-state index is 12.8. The van der Waals surface area contributed by atoms with Crippen LogP contribution in [0.15, 0.2) is 15.3 Å². The van der Waals surface area contributed by atoms with Crippen LogP contribution in [-0.2, 0) is 15.9 Å². The van der Waals surface area contributed by atoms with Crippen LogP contribution in [0.4, 0.5) is 0 Å². The average Bonchev–Trinajstić information content (AvgIpc) is 2.60. The van der Waals surface area contributed by atoms with Crippen molar-refractivity contribution in [2.24, 2.45) is 5.92 Å². The van der Waals surface area contributed by atoms with Crippen molar-refractivity contribution in [3.8, 4) is 0 Å². The topological polar surface area (TPSA) is 77.8 Å². The number of aryl methyl sites for hydroxylation is 2. The predicted molar refractivity (Wildman–Crippen MR) is 102 cm³/mol. The lowest BCUT2D eigenvalue weighted by atomic mass is 9.84. The molecule has 2 aliphatic rings. The molecule has 3 heterocycles. The quantitative estimate of drug-likeness (QED) is 0.853. The number of amides is 1. The van der Waals surface area contributed by atoms with Crippen molar-refractivity contribution in [1.82, 2.24) is 5.32 Å². The van der Waals surface area contributed by atoms with Crippen LogP contribution in [0.5, 0.6) is 0 Å². The zero-order chi connectivity index (χ0) is 19.4. The van der Waals surface area contributed by atoms with Crippen molar-refractivity contribution in [2.45, 2.75) is 70.9 Å². The van der Waals surface area contributed by atoms with E-state index in [2.05, 4.69) is 19.2 Å². The van der Waals surface area contributed by atoms with Crippen LogP contribution in [0.2, 0.25) is 0 Å². The summed E-state index contributed by atoms with van der Waals surface area (Å²) in [5.41, 5.74) is 0.0553. The lowest BCUT2D eigenvalue weighted by molar-refractivity contribution is -0.139. The van der Waals surface area contributed by atoms with E-state index in [1.165, 1.54) is 0 Å². The Labute approximate surface area is 160 Å². The van der Waals surface area contributed by atoms with Crippen molar-refractivity contribution in [3.05, 3.63) is 33.4 Å². The Morgan fingerprint density at radius 1 is 1.30 bits per heavy atom. The second-order valence-corrected chi connectivity index (χ2v) is 8.30. The molecule has 27 heavy (non-hydrogen) atoms. The zero-order valence-electron chi connectivity index (χ0n) is 16.6. The first-order valence-corrected chi connectivity index (χ1v) is 10.0. The van der Waals surface area contributed by atoms with Crippen molar-refractivity contribution < 1.29 is 18.7 Å². The van der Waals surface area contributed by atoms with Gasteiger partial charge in [-0.25, -0.2) is 4.79 Å². The van der Waals surface area contributed by atoms with Gasteiger partial charge in [0.05, 0.1) is 5.60 Å². The lowest BCUT2D eigenvalue weighted by Crippen LogP contribution is -2.51. The SMILES string of the molecule is Cc1cc(CCC(C)C)oc(=O)c1C(=O)NC1CCOC2(CCOCC2)C1. The highest BCUT2D eigenvalue weighted by Gasteiger charge is 2.39. The van der Waals surface area contributed by atoms with Gasteiger partial charge in [0.15, 0.2) is 0 Å². The summed E-state index contributed by atoms with van der Waals surface area (Å²) >= 11 is 0. The summed E-state index contributed by atoms with van der Waals surface area (Å²) in [5, 5.41) is 3.04. The fourth-order valence-corrected chi connectivity index (χ4v) is 4.00. The first kappa shape index (κ1) is 20.1. The summed E-state index contributed by atoms with van der Waals surface area (Å²) in [6, 6.07) is 1.83. The van der Waals surface area contributed by atoms with Crippen LogP contribution in [0.3, 0.4) is 0 Å². The fraction of sp³-hybridized carbons (Fsp3) is 0.714. The second kappa shape index (κ2) is 8.57. The zero-order valence-corrected chi connectivity index (χ0v) is 16.6. The highest BCUT2D eigenvalue weighted by atomic mass is 16.5. The molecule has 1 spiro atoms. The van der Waals surface area contributed by atoms with Gasteiger partial charge < -0.3 is 19.2 Å². The van der Waals surface area contributed by atoms with E-state index in [1.54, 1.807) is 6.92 Å². The van der Waals surface area contributed by atoms with Gasteiger partial charge in [0, 0.05) is 32.3 Å². The highest BCUT2D eigenvalue weighted by molar-refractivity contribution is 5.95. The minimum atomic E-state index is -0.543. The normalized spacial score (nSPS) is 22.1. The molecule has 150 valence electrons. The van der Waals surface area contributed by atoms with Crippen molar-refractivity contribution in [2.75, 3.05) is 19.8 Å². The number of rotatable bonds is 5. The van der Waals surface area contributed by atoms with Crippen LogP contribution in [0.1, 0.15) is 67.6 Å². The minimum Gasteiger partial charge on any atom is -0.427 e. The summed E-state index contributed by atoms with van der Waals surface area (Å²) in [7, 11) is 0. The van der Waals surface area contributed by atoms with E-state index < -0.39 is 5.63 Å². The van der Waals surface area contributed by atoms with Crippen LogP contribution in [-0.4, -0.2) is 37.4 Å². The molecule has 0 aliphatic carbocycles. The summed E-state index contributed by atoms with van der Waals surface area (Å²) in [5.74, 6) is 0.838. The van der Waals surface area contributed by atoms with E-state index in [0.29, 0.717) is 43.5 Å². The Bertz CT molecular complexity index is 712. The first-order valence-electron chi connectivity index (χ1n) is 10.0. The molecule has 6 heteroatoms. The molecule has 0 radical (unpaired) electrons. The molecule has 1 atom stereocenters. The highest BCUT2D eigenvalue weighted by Crippen LogP contribution is 2.34. The van der Waals surface area contributed by atoms with E-state index in [-0.39, 0.29) is 23.1 Å². The van der Waals surface area contributed by atoms with Gasteiger partial charge in [0.2, 0.25) is 0 Å². The fourth-order valence-electron chi connectivity index (χ4n) is 4.00. The predicted octanol–water partition coefficient (Wildman–Crippen LogP) is 2.99. The number of carbonyl (C=O) groups excluding carboxylic acids is 1. The van der Waals surface area contributed by atoms with Gasteiger partial charge in [-0.1, -0.05) is 13.8 Å². The van der Waals surface area contributed by atoms with Gasteiger partial charge in [-0.15, -0.1) is 0 Å². The average molecular weight is 377 g/mol. The standard InChI is InChI=1S/C21H31NO5/c1-14(2)4-5-17-12-15(3)18(20(24)27-17)19(23)22-16-6-9-26-21(13-16)7-10-25-11-8-21/h12,14,16H,4-11,13H2,1-3H3,(H,22,23). The molecule has 0 aromatic carbocycles. The Balaban J connectivity index is 1.67. The Hall–Kier alpha value is -1.66. The van der Waals surface area contributed by atoms with Gasteiger partial charge in [0.25, 0.3) is 5.91 Å². The molecule has 1 N–H and O–H groups in total. The Morgan fingerprint density at radius 2 is 2.04 bits per heavy atom. The molecule has 3 rings (SSSR count). The van der Waals surface area contributed by atoms with Crippen LogP contribution in [0.25, 0.3) is 0 Å². The number of carbonyl (C=O) groups is 1. The minimum absolute atomic E-state index is 0.00349. The molecule has 0 saturated carbocycles. The molecule has 6 nitrogen and oxygen atoms in total. The number of nitrogens with one attached hydrogen (secondary N) is 1. The summed E-state index contributed by atoms with van der Waals surface area (Å²) in [6.07, 6.45) is 4.88. The maximum Gasteiger partial charge on any atom is 0.349 e. The number of hydrogen-bond donors (Lipinski definition) is 1. The van der Waals surface area contributed by atoms with Gasteiger partial charge in [-0.2, -0.15) is 0 Å². The first-order chi connectivity index (χ1) is 12.9. The van der Waals surface area contributed by atoms with Crippen LogP contribution < -0.4 is 10.9 Å². The number of hydrogen-bond acceptors (Lipinski definition) is 5. The molecule has 2 aliphatic heterocycles. The smallest absolute Gasteiger partial charge is 0.349 e. The Kier molecular flexibility index (Phi) is 6.37. The molecular formula is C21H31NO5. The molecule has 1 amide bonds. The Morgan fingerprint density at radius 3 is 2.70 bits per heavy atom. The van der Waals surface area contributed by atoms with E-state index in [1.807, 2.05) is 6.07 Å². The van der Waals surface area contributed by atoms with Crippen molar-refractivity contribution >= 4 is 5.91 Å². The van der Waals surface area contributed by atoms with Crippen LogP contribution in [0, 0.1) is 12.8 Å².